The Hall–Kier alpha value is -5.83. The number of methoxy groups -OCH3 is 1. The van der Waals surface area contributed by atoms with Crippen molar-refractivity contribution in [1.82, 2.24) is 45.5 Å². The lowest BCUT2D eigenvalue weighted by Crippen LogP contribution is -2.30. The topological polar surface area (TPSA) is 195 Å². The van der Waals surface area contributed by atoms with E-state index in [0.29, 0.717) is 44.8 Å². The van der Waals surface area contributed by atoms with Gasteiger partial charge in [0, 0.05) is 41.9 Å². The van der Waals surface area contributed by atoms with Gasteiger partial charge in [0.2, 0.25) is 11.8 Å². The van der Waals surface area contributed by atoms with E-state index in [9.17, 15) is 14.4 Å². The Morgan fingerprint density at radius 1 is 1.16 bits per heavy atom. The number of aromatic nitrogens is 8. The second-order valence-corrected chi connectivity index (χ2v) is 9.84. The molecule has 0 aliphatic rings. The molecule has 0 saturated carbocycles. The van der Waals surface area contributed by atoms with Crippen LogP contribution in [0.1, 0.15) is 23.0 Å². The minimum Gasteiger partial charge on any atom is -0.481 e. The number of H-pyrrole nitrogens is 1. The Balaban J connectivity index is 1.45. The fourth-order valence-corrected chi connectivity index (χ4v) is 4.61. The van der Waals surface area contributed by atoms with Crippen LogP contribution in [0, 0.1) is 0 Å². The third-order valence-electron chi connectivity index (χ3n) is 6.45. The van der Waals surface area contributed by atoms with E-state index in [-0.39, 0.29) is 12.0 Å². The second kappa shape index (κ2) is 13.0. The number of rotatable bonds is 10. The molecule has 1 atom stereocenters. The van der Waals surface area contributed by atoms with Crippen molar-refractivity contribution in [3.63, 3.8) is 0 Å². The van der Waals surface area contributed by atoms with Crippen LogP contribution in [0.25, 0.3) is 22.9 Å². The standard InChI is InChI=1S/C28H25ClN10O5/c1-38-26(44-2)13-20(35-38)12-22(23-14-21(27(41)34-33-23)16-3-7-19(8-4-16)31-28(42)43)32-25(40)10-5-17-11-18(29)6-9-24(17)39-15-30-36-37-39/h3-11,13-15,22,31H,12H2,1-2H3,(H,32,40)(H,34,41)(H,42,43). The maximum Gasteiger partial charge on any atom is 0.409 e. The fourth-order valence-electron chi connectivity index (χ4n) is 4.43. The number of halogens is 1. The van der Waals surface area contributed by atoms with Gasteiger partial charge in [-0.3, -0.25) is 14.9 Å². The van der Waals surface area contributed by atoms with Crippen molar-refractivity contribution < 1.29 is 19.4 Å². The average molecular weight is 617 g/mol. The van der Waals surface area contributed by atoms with Crippen LogP contribution in [0.2, 0.25) is 5.02 Å². The summed E-state index contributed by atoms with van der Waals surface area (Å²) in [5.74, 6) is 0.0606. The molecule has 0 radical (unpaired) electrons. The maximum absolute atomic E-state index is 13.3. The average Bonchev–Trinajstić information content (AvgIpc) is 3.66. The van der Waals surface area contributed by atoms with E-state index in [1.54, 1.807) is 60.3 Å². The summed E-state index contributed by atoms with van der Waals surface area (Å²) < 4.78 is 8.34. The normalized spacial score (nSPS) is 11.8. The van der Waals surface area contributed by atoms with Crippen LogP contribution in [0.3, 0.4) is 0 Å². The lowest BCUT2D eigenvalue weighted by molar-refractivity contribution is -0.117. The molecule has 16 heteroatoms. The lowest BCUT2D eigenvalue weighted by Gasteiger charge is -2.17. The van der Waals surface area contributed by atoms with Gasteiger partial charge >= 0.3 is 6.09 Å². The number of carbonyl (C=O) groups is 2. The van der Waals surface area contributed by atoms with Crippen LogP contribution in [0.5, 0.6) is 5.88 Å². The van der Waals surface area contributed by atoms with Gasteiger partial charge < -0.3 is 15.2 Å². The molecule has 3 heterocycles. The number of aromatic amines is 1. The van der Waals surface area contributed by atoms with Crippen molar-refractivity contribution >= 4 is 35.4 Å². The zero-order valence-electron chi connectivity index (χ0n) is 23.3. The molecule has 1 unspecified atom stereocenters. The Kier molecular flexibility index (Phi) is 8.76. The number of hydrogen-bond donors (Lipinski definition) is 4. The predicted octanol–water partition coefficient (Wildman–Crippen LogP) is 3.01. The van der Waals surface area contributed by atoms with Crippen molar-refractivity contribution in [3.05, 3.63) is 99.3 Å². The van der Waals surface area contributed by atoms with Gasteiger partial charge in [-0.25, -0.2) is 14.6 Å². The number of hydrogen-bond acceptors (Lipinski definition) is 9. The Morgan fingerprint density at radius 3 is 2.64 bits per heavy atom. The molecule has 0 aliphatic carbocycles. The molecule has 15 nitrogen and oxygen atoms in total. The minimum atomic E-state index is -1.21. The van der Waals surface area contributed by atoms with E-state index in [4.69, 9.17) is 21.4 Å². The highest BCUT2D eigenvalue weighted by atomic mass is 35.5. The first kappa shape index (κ1) is 29.7. The smallest absolute Gasteiger partial charge is 0.409 e. The first-order valence-electron chi connectivity index (χ1n) is 13.0. The molecule has 2 aromatic carbocycles. The summed E-state index contributed by atoms with van der Waals surface area (Å²) in [7, 11) is 3.25. The molecule has 44 heavy (non-hydrogen) atoms. The van der Waals surface area contributed by atoms with Crippen LogP contribution in [0.4, 0.5) is 10.5 Å². The fraction of sp³-hybridized carbons (Fsp3) is 0.143. The number of aryl methyl sites for hydroxylation is 1. The highest BCUT2D eigenvalue weighted by Crippen LogP contribution is 2.24. The van der Waals surface area contributed by atoms with Crippen molar-refractivity contribution in [2.24, 2.45) is 7.05 Å². The van der Waals surface area contributed by atoms with Crippen LogP contribution in [-0.2, 0) is 18.3 Å². The zero-order valence-corrected chi connectivity index (χ0v) is 24.1. The quantitative estimate of drug-likeness (QED) is 0.169. The first-order chi connectivity index (χ1) is 21.2. The highest BCUT2D eigenvalue weighted by molar-refractivity contribution is 6.30. The Bertz CT molecular complexity index is 1880. The summed E-state index contributed by atoms with van der Waals surface area (Å²) in [6.07, 6.45) is 3.35. The molecule has 0 spiro atoms. The molecule has 0 bridgehead atoms. The number of benzene rings is 2. The van der Waals surface area contributed by atoms with Crippen LogP contribution in [-0.4, -0.2) is 64.4 Å². The number of anilines is 1. The molecule has 5 aromatic rings. The van der Waals surface area contributed by atoms with Crippen LogP contribution in [0.15, 0.2) is 71.8 Å². The summed E-state index contributed by atoms with van der Waals surface area (Å²) in [5.41, 5.74) is 2.84. The van der Waals surface area contributed by atoms with Crippen molar-refractivity contribution in [3.8, 4) is 22.7 Å². The molecule has 224 valence electrons. The van der Waals surface area contributed by atoms with Crippen LogP contribution < -0.4 is 20.9 Å². The van der Waals surface area contributed by atoms with E-state index in [0.717, 1.165) is 0 Å². The zero-order chi connectivity index (χ0) is 31.2. The monoisotopic (exact) mass is 616 g/mol. The van der Waals surface area contributed by atoms with Gasteiger partial charge in [-0.05, 0) is 58.5 Å². The number of amides is 2. The van der Waals surface area contributed by atoms with Crippen molar-refractivity contribution in [2.75, 3.05) is 12.4 Å². The molecular formula is C28H25ClN10O5. The lowest BCUT2D eigenvalue weighted by atomic mass is 10.0. The Morgan fingerprint density at radius 2 is 1.95 bits per heavy atom. The van der Waals surface area contributed by atoms with E-state index >= 15 is 0 Å². The molecule has 4 N–H and O–H groups in total. The number of ether oxygens (including phenoxy) is 1. The van der Waals surface area contributed by atoms with E-state index in [1.165, 1.54) is 36.3 Å². The number of nitrogens with zero attached hydrogens (tertiary/aromatic N) is 7. The largest absolute Gasteiger partial charge is 0.481 e. The summed E-state index contributed by atoms with van der Waals surface area (Å²) in [6.45, 7) is 0. The summed E-state index contributed by atoms with van der Waals surface area (Å²) in [6, 6.07) is 13.9. The third kappa shape index (κ3) is 6.96. The van der Waals surface area contributed by atoms with Crippen molar-refractivity contribution in [2.45, 2.75) is 12.5 Å². The highest BCUT2D eigenvalue weighted by Gasteiger charge is 2.21. The third-order valence-corrected chi connectivity index (χ3v) is 6.69. The Labute approximate surface area is 254 Å². The van der Waals surface area contributed by atoms with E-state index in [2.05, 4.69) is 41.5 Å². The molecule has 5 rings (SSSR count). The minimum absolute atomic E-state index is 0.212. The molecular weight excluding hydrogens is 592 g/mol. The van der Waals surface area contributed by atoms with Gasteiger partial charge in [0.15, 0.2) is 0 Å². The number of carbonyl (C=O) groups excluding carboxylic acids is 1. The molecule has 3 aromatic heterocycles. The summed E-state index contributed by atoms with van der Waals surface area (Å²) >= 11 is 6.20. The van der Waals surface area contributed by atoms with Gasteiger partial charge in [-0.2, -0.15) is 14.9 Å². The molecule has 2 amide bonds. The molecule has 0 saturated heterocycles. The van der Waals surface area contributed by atoms with Crippen LogP contribution >= 0.6 is 11.6 Å². The maximum atomic E-state index is 13.3. The van der Waals surface area contributed by atoms with Gasteiger partial charge in [-0.15, -0.1) is 5.10 Å². The second-order valence-electron chi connectivity index (χ2n) is 9.40. The predicted molar refractivity (Wildman–Crippen MR) is 159 cm³/mol. The summed E-state index contributed by atoms with van der Waals surface area (Å²) in [4.78, 5) is 37.0. The van der Waals surface area contributed by atoms with Gasteiger partial charge in [0.1, 0.15) is 6.33 Å². The van der Waals surface area contributed by atoms with Crippen molar-refractivity contribution in [1.29, 1.82) is 0 Å². The van der Waals surface area contributed by atoms with E-state index in [1.807, 2.05) is 0 Å². The van der Waals surface area contributed by atoms with Gasteiger partial charge in [-0.1, -0.05) is 23.7 Å². The summed E-state index contributed by atoms with van der Waals surface area (Å²) in [5, 5.41) is 37.0. The van der Waals surface area contributed by atoms with Gasteiger partial charge in [0.05, 0.1) is 35.8 Å². The molecule has 0 fully saturated rings. The molecule has 0 aliphatic heterocycles. The van der Waals surface area contributed by atoms with E-state index < -0.39 is 23.6 Å². The number of tetrazole rings is 1. The SMILES string of the molecule is COc1cc(CC(NC(=O)C=Cc2cc(Cl)ccc2-n2cnnn2)c2cc(-c3ccc(NC(=O)O)cc3)c(=O)[nH]n2)nn1C. The number of carboxylic acid groups (broad SMARTS) is 1. The van der Waals surface area contributed by atoms with Gasteiger partial charge in [0.25, 0.3) is 5.56 Å². The number of nitrogens with one attached hydrogen (secondary N) is 3. The first-order valence-corrected chi connectivity index (χ1v) is 13.4.